The quantitative estimate of drug-likeness (QED) is 0.795. The summed E-state index contributed by atoms with van der Waals surface area (Å²) < 4.78 is 1.46. The highest BCUT2D eigenvalue weighted by atomic mass is 16.2. The molecule has 1 heterocycles. The number of nitrogens with zero attached hydrogens (tertiary/aromatic N) is 1. The maximum Gasteiger partial charge on any atom is 0.258 e. The summed E-state index contributed by atoms with van der Waals surface area (Å²) in [5.74, 6) is 0.0501. The predicted molar refractivity (Wildman–Crippen MR) is 101 cm³/mol. The van der Waals surface area contributed by atoms with Gasteiger partial charge in [-0.3, -0.25) is 9.59 Å². The van der Waals surface area contributed by atoms with Crippen LogP contribution in [0.3, 0.4) is 0 Å². The monoisotopic (exact) mass is 334 g/mol. The van der Waals surface area contributed by atoms with Gasteiger partial charge in [-0.15, -0.1) is 0 Å². The maximum absolute atomic E-state index is 12.7. The van der Waals surface area contributed by atoms with Crippen LogP contribution in [0.5, 0.6) is 0 Å². The molecule has 1 unspecified atom stereocenters. The number of amides is 1. The van der Waals surface area contributed by atoms with Gasteiger partial charge in [0.05, 0.1) is 5.56 Å². The Morgan fingerprint density at radius 2 is 1.72 bits per heavy atom. The van der Waals surface area contributed by atoms with E-state index in [0.29, 0.717) is 22.9 Å². The van der Waals surface area contributed by atoms with E-state index in [1.165, 1.54) is 15.7 Å². The number of aromatic nitrogens is 1. The van der Waals surface area contributed by atoms with Gasteiger partial charge in [0, 0.05) is 30.6 Å². The molecule has 3 aromatic rings. The second-order valence-electron chi connectivity index (χ2n) is 6.53. The number of pyridine rings is 1. The minimum absolute atomic E-state index is 0.0971. The van der Waals surface area contributed by atoms with Crippen molar-refractivity contribution in [2.24, 2.45) is 7.05 Å². The fourth-order valence-corrected chi connectivity index (χ4v) is 2.95. The largest absolute Gasteiger partial charge is 0.351 e. The van der Waals surface area contributed by atoms with Crippen molar-refractivity contribution in [3.63, 3.8) is 0 Å². The average Bonchev–Trinajstić information content (AvgIpc) is 2.63. The summed E-state index contributed by atoms with van der Waals surface area (Å²) in [6.07, 6.45) is 1.61. The summed E-state index contributed by atoms with van der Waals surface area (Å²) in [5.41, 5.74) is 2.84. The molecule has 0 aliphatic heterocycles. The van der Waals surface area contributed by atoms with Crippen molar-refractivity contribution < 1.29 is 4.79 Å². The Morgan fingerprint density at radius 3 is 2.40 bits per heavy atom. The SMILES string of the molecule is Cc1ccc(C(C)CNC(=O)c2cn(C)c(=O)c3ccccc23)cc1. The Morgan fingerprint density at radius 1 is 1.08 bits per heavy atom. The highest BCUT2D eigenvalue weighted by Gasteiger charge is 2.14. The predicted octanol–water partition coefficient (Wildman–Crippen LogP) is 3.38. The Bertz CT molecular complexity index is 971. The second-order valence-corrected chi connectivity index (χ2v) is 6.53. The number of fused-ring (bicyclic) bond motifs is 1. The van der Waals surface area contributed by atoms with Crippen LogP contribution < -0.4 is 10.9 Å². The van der Waals surface area contributed by atoms with Gasteiger partial charge in [0.25, 0.3) is 11.5 Å². The molecule has 25 heavy (non-hydrogen) atoms. The lowest BCUT2D eigenvalue weighted by atomic mass is 10.00. The van der Waals surface area contributed by atoms with E-state index in [2.05, 4.69) is 43.4 Å². The van der Waals surface area contributed by atoms with Crippen molar-refractivity contribution >= 4 is 16.7 Å². The van der Waals surface area contributed by atoms with Gasteiger partial charge in [-0.05, 0) is 24.5 Å². The number of hydrogen-bond acceptors (Lipinski definition) is 2. The zero-order valence-electron chi connectivity index (χ0n) is 14.7. The van der Waals surface area contributed by atoms with Crippen molar-refractivity contribution in [3.8, 4) is 0 Å². The highest BCUT2D eigenvalue weighted by molar-refractivity contribution is 6.06. The average molecular weight is 334 g/mol. The first-order valence-corrected chi connectivity index (χ1v) is 8.40. The molecule has 4 heteroatoms. The Balaban J connectivity index is 1.82. The molecule has 2 aromatic carbocycles. The van der Waals surface area contributed by atoms with Crippen molar-refractivity contribution in [1.29, 1.82) is 0 Å². The number of carbonyl (C=O) groups excluding carboxylic acids is 1. The van der Waals surface area contributed by atoms with E-state index >= 15 is 0 Å². The van der Waals surface area contributed by atoms with Crippen LogP contribution in [0, 0.1) is 6.92 Å². The fourth-order valence-electron chi connectivity index (χ4n) is 2.95. The molecular weight excluding hydrogens is 312 g/mol. The topological polar surface area (TPSA) is 51.1 Å². The minimum atomic E-state index is -0.161. The van der Waals surface area contributed by atoms with E-state index in [4.69, 9.17) is 0 Å². The van der Waals surface area contributed by atoms with E-state index in [1.54, 1.807) is 19.3 Å². The van der Waals surface area contributed by atoms with Crippen LogP contribution in [-0.4, -0.2) is 17.0 Å². The van der Waals surface area contributed by atoms with Crippen molar-refractivity contribution in [2.45, 2.75) is 19.8 Å². The molecule has 1 N–H and O–H groups in total. The van der Waals surface area contributed by atoms with E-state index in [9.17, 15) is 9.59 Å². The lowest BCUT2D eigenvalue weighted by molar-refractivity contribution is 0.0952. The van der Waals surface area contributed by atoms with Gasteiger partial charge in [0.15, 0.2) is 0 Å². The zero-order chi connectivity index (χ0) is 18.0. The summed E-state index contributed by atoms with van der Waals surface area (Å²) in [7, 11) is 1.67. The maximum atomic E-state index is 12.7. The van der Waals surface area contributed by atoms with Crippen LogP contribution in [0.15, 0.2) is 59.5 Å². The molecule has 1 amide bonds. The smallest absolute Gasteiger partial charge is 0.258 e. The van der Waals surface area contributed by atoms with Gasteiger partial charge in [-0.1, -0.05) is 55.0 Å². The number of nitrogens with one attached hydrogen (secondary N) is 1. The molecule has 1 aromatic heterocycles. The number of benzene rings is 2. The highest BCUT2D eigenvalue weighted by Crippen LogP contribution is 2.17. The van der Waals surface area contributed by atoms with Gasteiger partial charge in [0.1, 0.15) is 0 Å². The van der Waals surface area contributed by atoms with Crippen LogP contribution in [0.1, 0.15) is 34.3 Å². The normalized spacial score (nSPS) is 12.1. The molecule has 0 saturated heterocycles. The summed E-state index contributed by atoms with van der Waals surface area (Å²) in [6, 6.07) is 15.6. The molecule has 128 valence electrons. The number of aryl methyl sites for hydroxylation is 2. The zero-order valence-corrected chi connectivity index (χ0v) is 14.7. The summed E-state index contributed by atoms with van der Waals surface area (Å²) in [6.45, 7) is 4.68. The van der Waals surface area contributed by atoms with Gasteiger partial charge in [-0.25, -0.2) is 0 Å². The molecule has 4 nitrogen and oxygen atoms in total. The molecule has 0 spiro atoms. The number of carbonyl (C=O) groups is 1. The Labute approximate surface area is 147 Å². The third kappa shape index (κ3) is 3.48. The molecule has 0 fully saturated rings. The van der Waals surface area contributed by atoms with Gasteiger partial charge in [0.2, 0.25) is 0 Å². The van der Waals surface area contributed by atoms with Gasteiger partial charge < -0.3 is 9.88 Å². The molecule has 0 aliphatic rings. The first-order chi connectivity index (χ1) is 12.0. The minimum Gasteiger partial charge on any atom is -0.351 e. The third-order valence-corrected chi connectivity index (χ3v) is 4.55. The molecule has 0 saturated carbocycles. The third-order valence-electron chi connectivity index (χ3n) is 4.55. The van der Waals surface area contributed by atoms with Gasteiger partial charge in [-0.2, -0.15) is 0 Å². The molecule has 1 atom stereocenters. The first kappa shape index (κ1) is 17.0. The fraction of sp³-hybridized carbons (Fsp3) is 0.238. The van der Waals surface area contributed by atoms with Crippen LogP contribution >= 0.6 is 0 Å². The van der Waals surface area contributed by atoms with Crippen molar-refractivity contribution in [1.82, 2.24) is 9.88 Å². The van der Waals surface area contributed by atoms with Crippen LogP contribution in [-0.2, 0) is 7.05 Å². The standard InChI is InChI=1S/C21H22N2O2/c1-14-8-10-16(11-9-14)15(2)12-22-20(24)19-13-23(3)21(25)18-7-5-4-6-17(18)19/h4-11,13,15H,12H2,1-3H3,(H,22,24). The molecular formula is C21H22N2O2. The summed E-state index contributed by atoms with van der Waals surface area (Å²) in [4.78, 5) is 24.9. The summed E-state index contributed by atoms with van der Waals surface area (Å²) >= 11 is 0. The molecule has 3 rings (SSSR count). The van der Waals surface area contributed by atoms with Crippen molar-refractivity contribution in [3.05, 3.63) is 81.8 Å². The number of rotatable bonds is 4. The Hall–Kier alpha value is -2.88. The molecule has 0 radical (unpaired) electrons. The first-order valence-electron chi connectivity index (χ1n) is 8.40. The molecule has 0 bridgehead atoms. The van der Waals surface area contributed by atoms with Crippen LogP contribution in [0.4, 0.5) is 0 Å². The van der Waals surface area contributed by atoms with Crippen molar-refractivity contribution in [2.75, 3.05) is 6.54 Å². The lowest BCUT2D eigenvalue weighted by Crippen LogP contribution is -2.29. The van der Waals surface area contributed by atoms with E-state index in [-0.39, 0.29) is 17.4 Å². The summed E-state index contributed by atoms with van der Waals surface area (Å²) in [5, 5.41) is 4.24. The number of hydrogen-bond donors (Lipinski definition) is 1. The van der Waals surface area contributed by atoms with Crippen LogP contribution in [0.2, 0.25) is 0 Å². The second kappa shape index (κ2) is 6.93. The van der Waals surface area contributed by atoms with Gasteiger partial charge >= 0.3 is 0 Å². The van der Waals surface area contributed by atoms with Crippen LogP contribution in [0.25, 0.3) is 10.8 Å². The van der Waals surface area contributed by atoms with E-state index in [1.807, 2.05) is 18.2 Å². The lowest BCUT2D eigenvalue weighted by Gasteiger charge is -2.15. The van der Waals surface area contributed by atoms with E-state index in [0.717, 1.165) is 0 Å². The molecule has 0 aliphatic carbocycles. The Kier molecular flexibility index (Phi) is 4.70. The van der Waals surface area contributed by atoms with E-state index < -0.39 is 0 Å².